The molecule has 3 aromatic rings. The second-order valence-electron chi connectivity index (χ2n) is 6.93. The molecule has 1 atom stereocenters. The fourth-order valence-electron chi connectivity index (χ4n) is 3.64. The van der Waals surface area contributed by atoms with Gasteiger partial charge in [0.15, 0.2) is 10.9 Å². The molecule has 8 heteroatoms. The zero-order chi connectivity index (χ0) is 19.8. The molecule has 0 bridgehead atoms. The predicted molar refractivity (Wildman–Crippen MR) is 113 cm³/mol. The van der Waals surface area contributed by atoms with Gasteiger partial charge >= 0.3 is 0 Å². The van der Waals surface area contributed by atoms with E-state index >= 15 is 0 Å². The first-order valence-electron chi connectivity index (χ1n) is 9.13. The minimum atomic E-state index is -0.229. The monoisotopic (exact) mass is 415 g/mol. The first-order chi connectivity index (χ1) is 13.5. The van der Waals surface area contributed by atoms with E-state index in [9.17, 15) is 9.59 Å². The van der Waals surface area contributed by atoms with Gasteiger partial charge in [0.2, 0.25) is 0 Å². The molecule has 0 aliphatic heterocycles. The number of fused-ring (bicyclic) bond motifs is 3. The van der Waals surface area contributed by atoms with E-state index in [0.717, 1.165) is 34.3 Å². The summed E-state index contributed by atoms with van der Waals surface area (Å²) in [4.78, 5) is 32.0. The molecule has 4 rings (SSSR count). The van der Waals surface area contributed by atoms with Gasteiger partial charge in [0.05, 0.1) is 18.2 Å². The molecule has 1 aliphatic rings. The lowest BCUT2D eigenvalue weighted by Crippen LogP contribution is -2.30. The van der Waals surface area contributed by atoms with Crippen LogP contribution in [0.5, 0.6) is 5.75 Å². The smallest absolute Gasteiger partial charge is 0.281 e. The first-order valence-corrected chi connectivity index (χ1v) is 10.9. The van der Waals surface area contributed by atoms with Crippen molar-refractivity contribution >= 4 is 39.1 Å². The van der Waals surface area contributed by atoms with Crippen LogP contribution in [0.4, 0.5) is 0 Å². The van der Waals surface area contributed by atoms with Gasteiger partial charge < -0.3 is 10.6 Å². The van der Waals surface area contributed by atoms with Gasteiger partial charge in [0.1, 0.15) is 10.6 Å². The molecular formula is C20H21N3O3S2. The standard InChI is InChI=1S/C20H21N3O3S2/c1-11-5-3-8-15-16(11)17-18(28-15)22-20(23(21)19(17)25)27-10-14(24)12-6-4-7-13(9-12)26-2/h4,6-7,9,11H,3,5,8,10,21H2,1-2H3/t11-/m1/s1. The number of nitrogens with zero attached hydrogens (tertiary/aromatic N) is 2. The molecule has 0 spiro atoms. The van der Waals surface area contributed by atoms with Crippen LogP contribution in [0.25, 0.3) is 10.2 Å². The molecule has 0 fully saturated rings. The zero-order valence-corrected chi connectivity index (χ0v) is 17.4. The lowest BCUT2D eigenvalue weighted by molar-refractivity contribution is 0.102. The van der Waals surface area contributed by atoms with Crippen molar-refractivity contribution in [1.82, 2.24) is 9.66 Å². The van der Waals surface area contributed by atoms with Crippen molar-refractivity contribution in [3.63, 3.8) is 0 Å². The number of hydrogen-bond acceptors (Lipinski definition) is 7. The topological polar surface area (TPSA) is 87.2 Å². The summed E-state index contributed by atoms with van der Waals surface area (Å²) in [7, 11) is 1.56. The Morgan fingerprint density at radius 2 is 2.29 bits per heavy atom. The highest BCUT2D eigenvalue weighted by atomic mass is 32.2. The molecule has 146 valence electrons. The average Bonchev–Trinajstić information content (AvgIpc) is 3.09. The van der Waals surface area contributed by atoms with Crippen LogP contribution in [0.3, 0.4) is 0 Å². The Morgan fingerprint density at radius 1 is 1.46 bits per heavy atom. The quantitative estimate of drug-likeness (QED) is 0.297. The number of aromatic nitrogens is 2. The number of ether oxygens (including phenoxy) is 1. The van der Waals surface area contributed by atoms with Gasteiger partial charge in [-0.15, -0.1) is 11.3 Å². The number of methoxy groups -OCH3 is 1. The third-order valence-corrected chi connectivity index (χ3v) is 7.21. The Bertz CT molecular complexity index is 1120. The molecule has 2 N–H and O–H groups in total. The van der Waals surface area contributed by atoms with Gasteiger partial charge in [-0.1, -0.05) is 30.8 Å². The summed E-state index contributed by atoms with van der Waals surface area (Å²) < 4.78 is 6.25. The van der Waals surface area contributed by atoms with Crippen molar-refractivity contribution in [1.29, 1.82) is 0 Å². The van der Waals surface area contributed by atoms with Crippen LogP contribution in [0, 0.1) is 0 Å². The van der Waals surface area contributed by atoms with E-state index in [0.29, 0.717) is 27.8 Å². The molecule has 0 unspecified atom stereocenters. The number of ketones is 1. The average molecular weight is 416 g/mol. The Kier molecular flexibility index (Phi) is 5.16. The minimum Gasteiger partial charge on any atom is -0.497 e. The molecule has 1 aliphatic carbocycles. The second-order valence-corrected chi connectivity index (χ2v) is 8.95. The van der Waals surface area contributed by atoms with E-state index < -0.39 is 0 Å². The van der Waals surface area contributed by atoms with E-state index in [1.807, 2.05) is 0 Å². The maximum absolute atomic E-state index is 12.9. The largest absolute Gasteiger partial charge is 0.497 e. The Labute approximate surface area is 170 Å². The highest BCUT2D eigenvalue weighted by molar-refractivity contribution is 7.99. The summed E-state index contributed by atoms with van der Waals surface area (Å²) in [5, 5.41) is 1.01. The summed E-state index contributed by atoms with van der Waals surface area (Å²) in [5.41, 5.74) is 1.44. The van der Waals surface area contributed by atoms with Crippen molar-refractivity contribution in [3.05, 3.63) is 50.6 Å². The van der Waals surface area contributed by atoms with Crippen molar-refractivity contribution in [2.24, 2.45) is 0 Å². The fourth-order valence-corrected chi connectivity index (χ4v) is 5.83. The van der Waals surface area contributed by atoms with E-state index in [-0.39, 0.29) is 17.1 Å². The third kappa shape index (κ3) is 3.31. The molecule has 2 aromatic heterocycles. The number of nitrogens with two attached hydrogens (primary N) is 1. The van der Waals surface area contributed by atoms with Crippen LogP contribution in [-0.2, 0) is 6.42 Å². The highest BCUT2D eigenvalue weighted by Crippen LogP contribution is 2.40. The molecule has 2 heterocycles. The number of hydrogen-bond donors (Lipinski definition) is 1. The first kappa shape index (κ1) is 19.0. The summed E-state index contributed by atoms with van der Waals surface area (Å²) >= 11 is 2.76. The van der Waals surface area contributed by atoms with E-state index in [2.05, 4.69) is 11.9 Å². The van der Waals surface area contributed by atoms with Gasteiger partial charge in [-0.3, -0.25) is 9.59 Å². The molecule has 6 nitrogen and oxygen atoms in total. The number of thioether (sulfide) groups is 1. The molecule has 1 aromatic carbocycles. The maximum atomic E-state index is 12.9. The number of Topliss-reactive ketones (excluding diaryl/α,β-unsaturated/α-hetero) is 1. The Hall–Kier alpha value is -2.32. The van der Waals surface area contributed by atoms with Crippen LogP contribution in [0.1, 0.15) is 46.5 Å². The number of thiophene rings is 1. The SMILES string of the molecule is COc1cccc(C(=O)CSc2nc3sc4c(c3c(=O)n2N)[C@H](C)CCC4)c1. The summed E-state index contributed by atoms with van der Waals surface area (Å²) in [5.74, 6) is 7.10. The molecule has 0 saturated heterocycles. The highest BCUT2D eigenvalue weighted by Gasteiger charge is 2.26. The van der Waals surface area contributed by atoms with Gasteiger partial charge in [0.25, 0.3) is 5.56 Å². The van der Waals surface area contributed by atoms with E-state index in [1.54, 1.807) is 42.7 Å². The lowest BCUT2D eigenvalue weighted by Gasteiger charge is -2.18. The number of nitrogen functional groups attached to an aromatic ring is 1. The van der Waals surface area contributed by atoms with Crippen molar-refractivity contribution in [2.75, 3.05) is 18.7 Å². The number of carbonyl (C=O) groups is 1. The number of benzene rings is 1. The minimum absolute atomic E-state index is 0.0719. The number of aryl methyl sites for hydroxylation is 1. The molecular weight excluding hydrogens is 394 g/mol. The van der Waals surface area contributed by atoms with Crippen LogP contribution in [0.15, 0.2) is 34.2 Å². The van der Waals surface area contributed by atoms with E-state index in [1.165, 1.54) is 16.6 Å². The van der Waals surface area contributed by atoms with Crippen LogP contribution >= 0.6 is 23.1 Å². The second kappa shape index (κ2) is 7.60. The van der Waals surface area contributed by atoms with Gasteiger partial charge in [-0.05, 0) is 42.9 Å². The van der Waals surface area contributed by atoms with Crippen LogP contribution in [0.2, 0.25) is 0 Å². The van der Waals surface area contributed by atoms with Gasteiger partial charge in [-0.2, -0.15) is 0 Å². The van der Waals surface area contributed by atoms with Gasteiger partial charge in [-0.25, -0.2) is 9.66 Å². The third-order valence-electron chi connectivity index (χ3n) is 5.10. The van der Waals surface area contributed by atoms with Crippen molar-refractivity contribution in [2.45, 2.75) is 37.3 Å². The lowest BCUT2D eigenvalue weighted by atomic mass is 9.88. The number of rotatable bonds is 5. The van der Waals surface area contributed by atoms with Crippen LogP contribution in [-0.4, -0.2) is 28.3 Å². The molecule has 0 amide bonds. The summed E-state index contributed by atoms with van der Waals surface area (Å²) in [6.45, 7) is 2.15. The zero-order valence-electron chi connectivity index (χ0n) is 15.7. The predicted octanol–water partition coefficient (Wildman–Crippen LogP) is 3.60. The van der Waals surface area contributed by atoms with Crippen molar-refractivity contribution in [3.8, 4) is 5.75 Å². The fraction of sp³-hybridized carbons (Fsp3) is 0.350. The molecule has 0 radical (unpaired) electrons. The summed E-state index contributed by atoms with van der Waals surface area (Å²) in [6.07, 6.45) is 3.20. The normalized spacial score (nSPS) is 16.1. The maximum Gasteiger partial charge on any atom is 0.281 e. The van der Waals surface area contributed by atoms with Crippen molar-refractivity contribution < 1.29 is 9.53 Å². The van der Waals surface area contributed by atoms with E-state index in [4.69, 9.17) is 10.6 Å². The van der Waals surface area contributed by atoms with Gasteiger partial charge in [0, 0.05) is 10.4 Å². The van der Waals surface area contributed by atoms with Crippen LogP contribution < -0.4 is 16.1 Å². The molecule has 0 saturated carbocycles. The Balaban J connectivity index is 1.63. The molecule has 28 heavy (non-hydrogen) atoms. The number of carbonyl (C=O) groups excluding carboxylic acids is 1. The summed E-state index contributed by atoms with van der Waals surface area (Å²) in [6, 6.07) is 7.00. The Morgan fingerprint density at radius 3 is 3.07 bits per heavy atom.